The molecule has 0 unspecified atom stereocenters. The monoisotopic (exact) mass is 329 g/mol. The third kappa shape index (κ3) is 3.85. The van der Waals surface area contributed by atoms with Crippen LogP contribution < -0.4 is 0 Å². The number of hydrogen-bond acceptors (Lipinski definition) is 5. The largest absolute Gasteiger partial charge is 0.462 e. The van der Waals surface area contributed by atoms with Crippen LogP contribution in [-0.4, -0.2) is 28.6 Å². The molecule has 0 atom stereocenters. The molecule has 0 aliphatic rings. The number of rotatable bonds is 6. The molecule has 0 aliphatic heterocycles. The van der Waals surface area contributed by atoms with Gasteiger partial charge in [-0.3, -0.25) is 14.9 Å². The van der Waals surface area contributed by atoms with Crippen molar-refractivity contribution < 1.29 is 19.2 Å². The number of ether oxygens (including phenoxy) is 1. The molecule has 19 heavy (non-hydrogen) atoms. The molecule has 0 radical (unpaired) electrons. The highest BCUT2D eigenvalue weighted by Crippen LogP contribution is 2.22. The third-order valence-corrected chi connectivity index (χ3v) is 2.72. The van der Waals surface area contributed by atoms with Gasteiger partial charge in [0, 0.05) is 17.8 Å². The minimum Gasteiger partial charge on any atom is -0.462 e. The zero-order chi connectivity index (χ0) is 14.4. The minimum atomic E-state index is -0.676. The molecule has 0 saturated carbocycles. The number of alkyl halides is 1. The number of hydrogen-bond donors (Lipinski definition) is 0. The fraction of sp³-hybridized carbons (Fsp3) is 0.333. The molecule has 0 saturated heterocycles. The van der Waals surface area contributed by atoms with Gasteiger partial charge in [0.05, 0.1) is 22.7 Å². The maximum absolute atomic E-state index is 11.7. The molecule has 0 bridgehead atoms. The number of benzene rings is 1. The Morgan fingerprint density at radius 3 is 2.63 bits per heavy atom. The van der Waals surface area contributed by atoms with Crippen molar-refractivity contribution in [2.75, 3.05) is 11.9 Å². The lowest BCUT2D eigenvalue weighted by Gasteiger charge is -2.04. The molecular weight excluding hydrogens is 318 g/mol. The Hall–Kier alpha value is -1.76. The van der Waals surface area contributed by atoms with Crippen LogP contribution in [-0.2, 0) is 4.74 Å². The Morgan fingerprint density at radius 1 is 1.42 bits per heavy atom. The molecule has 6 nitrogen and oxygen atoms in total. The highest BCUT2D eigenvalue weighted by atomic mass is 79.9. The number of carbonyl (C=O) groups is 2. The minimum absolute atomic E-state index is 0.00232. The van der Waals surface area contributed by atoms with Gasteiger partial charge in [-0.2, -0.15) is 0 Å². The van der Waals surface area contributed by atoms with Crippen LogP contribution >= 0.6 is 15.9 Å². The van der Waals surface area contributed by atoms with Crippen LogP contribution in [0.4, 0.5) is 5.69 Å². The molecule has 0 fully saturated rings. The summed E-state index contributed by atoms with van der Waals surface area (Å²) in [5, 5.41) is 11.4. The van der Waals surface area contributed by atoms with Crippen molar-refractivity contribution in [1.29, 1.82) is 0 Å². The molecule has 1 aromatic carbocycles. The van der Waals surface area contributed by atoms with Crippen LogP contribution in [0.25, 0.3) is 0 Å². The first kappa shape index (κ1) is 15.3. The van der Waals surface area contributed by atoms with Gasteiger partial charge < -0.3 is 4.74 Å². The summed E-state index contributed by atoms with van der Waals surface area (Å²) in [6, 6.07) is 3.71. The molecule has 102 valence electrons. The quantitative estimate of drug-likeness (QED) is 0.263. The second-order valence-corrected chi connectivity index (χ2v) is 4.36. The predicted octanol–water partition coefficient (Wildman–Crippen LogP) is 2.74. The molecule has 0 heterocycles. The topological polar surface area (TPSA) is 86.5 Å². The van der Waals surface area contributed by atoms with Crippen LogP contribution in [0.1, 0.15) is 34.1 Å². The summed E-state index contributed by atoms with van der Waals surface area (Å²) in [5.74, 6) is -0.996. The van der Waals surface area contributed by atoms with Crippen LogP contribution in [0.3, 0.4) is 0 Å². The number of ketones is 1. The molecule has 0 aromatic heterocycles. The average Bonchev–Trinajstić information content (AvgIpc) is 2.38. The third-order valence-electron chi connectivity index (χ3n) is 2.33. The maximum atomic E-state index is 11.7. The molecule has 7 heteroatoms. The molecule has 0 N–H and O–H groups in total. The van der Waals surface area contributed by atoms with Gasteiger partial charge in [-0.25, -0.2) is 4.79 Å². The smallest absolute Gasteiger partial charge is 0.338 e. The van der Waals surface area contributed by atoms with Crippen molar-refractivity contribution in [3.63, 3.8) is 0 Å². The van der Waals surface area contributed by atoms with E-state index in [2.05, 4.69) is 15.9 Å². The van der Waals surface area contributed by atoms with Crippen molar-refractivity contribution in [3.05, 3.63) is 39.4 Å². The normalized spacial score (nSPS) is 10.0. The van der Waals surface area contributed by atoms with E-state index in [4.69, 9.17) is 4.74 Å². The highest BCUT2D eigenvalue weighted by molar-refractivity contribution is 9.09. The number of carbonyl (C=O) groups excluding carboxylic acids is 2. The van der Waals surface area contributed by atoms with Crippen molar-refractivity contribution in [3.8, 4) is 0 Å². The van der Waals surface area contributed by atoms with Crippen LogP contribution in [0.2, 0.25) is 0 Å². The summed E-state index contributed by atoms with van der Waals surface area (Å²) in [7, 11) is 0. The Balaban J connectivity index is 3.18. The Labute approximate surface area is 118 Å². The molecular formula is C12H12BrNO5. The average molecular weight is 330 g/mol. The first-order valence-corrected chi connectivity index (χ1v) is 6.68. The van der Waals surface area contributed by atoms with Crippen molar-refractivity contribution in [1.82, 2.24) is 0 Å². The van der Waals surface area contributed by atoms with Gasteiger partial charge in [-0.1, -0.05) is 15.9 Å². The number of Topliss-reactive ketones (excluding diaryl/α,β-unsaturated/α-hetero) is 1. The van der Waals surface area contributed by atoms with E-state index in [0.29, 0.717) is 5.33 Å². The lowest BCUT2D eigenvalue weighted by Crippen LogP contribution is -2.09. The summed E-state index contributed by atoms with van der Waals surface area (Å²) < 4.78 is 4.76. The molecule has 0 aliphatic carbocycles. The fourth-order valence-corrected chi connectivity index (χ4v) is 1.84. The maximum Gasteiger partial charge on any atom is 0.338 e. The molecule has 0 amide bonds. The zero-order valence-electron chi connectivity index (χ0n) is 10.2. The standard InChI is InChI=1S/C12H12BrNO5/c1-2-19-12(16)8-3-4-9(11(15)5-6-13)10(7-8)14(17)18/h3-4,7H,2,5-6H2,1H3. The number of nitro groups is 1. The Bertz CT molecular complexity index is 515. The molecule has 1 rings (SSSR count). The van der Waals surface area contributed by atoms with Crippen LogP contribution in [0, 0.1) is 10.1 Å². The number of nitro benzene ring substituents is 1. The highest BCUT2D eigenvalue weighted by Gasteiger charge is 2.22. The van der Waals surface area contributed by atoms with Crippen molar-refractivity contribution >= 4 is 33.4 Å². The first-order valence-electron chi connectivity index (χ1n) is 5.56. The summed E-state index contributed by atoms with van der Waals surface area (Å²) >= 11 is 3.10. The van der Waals surface area contributed by atoms with Crippen molar-refractivity contribution in [2.24, 2.45) is 0 Å². The van der Waals surface area contributed by atoms with E-state index >= 15 is 0 Å². The van der Waals surface area contributed by atoms with Crippen LogP contribution in [0.5, 0.6) is 0 Å². The van der Waals surface area contributed by atoms with E-state index in [-0.39, 0.29) is 35.6 Å². The van der Waals surface area contributed by atoms with E-state index in [0.717, 1.165) is 6.07 Å². The number of esters is 1. The van der Waals surface area contributed by atoms with E-state index in [1.807, 2.05) is 0 Å². The second-order valence-electron chi connectivity index (χ2n) is 3.57. The van der Waals surface area contributed by atoms with E-state index in [9.17, 15) is 19.7 Å². The zero-order valence-corrected chi connectivity index (χ0v) is 11.8. The van der Waals surface area contributed by atoms with Crippen LogP contribution in [0.15, 0.2) is 18.2 Å². The Kier molecular flexibility index (Phi) is 5.62. The van der Waals surface area contributed by atoms with E-state index in [1.165, 1.54) is 12.1 Å². The summed E-state index contributed by atoms with van der Waals surface area (Å²) in [4.78, 5) is 33.5. The Morgan fingerprint density at radius 2 is 2.11 bits per heavy atom. The van der Waals surface area contributed by atoms with Gasteiger partial charge in [-0.15, -0.1) is 0 Å². The SMILES string of the molecule is CCOC(=O)c1ccc(C(=O)CCBr)c([N+](=O)[O-])c1. The predicted molar refractivity (Wildman–Crippen MR) is 71.8 cm³/mol. The van der Waals surface area contributed by atoms with Gasteiger partial charge in [-0.05, 0) is 19.1 Å². The van der Waals surface area contributed by atoms with Gasteiger partial charge in [0.1, 0.15) is 0 Å². The summed E-state index contributed by atoms with van der Waals surface area (Å²) in [6.07, 6.45) is 0.152. The first-order chi connectivity index (χ1) is 9.01. The number of nitrogens with zero attached hydrogens (tertiary/aromatic N) is 1. The van der Waals surface area contributed by atoms with Gasteiger partial charge in [0.15, 0.2) is 5.78 Å². The lowest BCUT2D eigenvalue weighted by molar-refractivity contribution is -0.385. The van der Waals surface area contributed by atoms with E-state index in [1.54, 1.807) is 6.92 Å². The summed E-state index contributed by atoms with van der Waals surface area (Å²) in [5.41, 5.74) is -0.321. The van der Waals surface area contributed by atoms with E-state index < -0.39 is 10.9 Å². The second kappa shape index (κ2) is 6.98. The lowest BCUT2D eigenvalue weighted by atomic mass is 10.0. The number of halogens is 1. The fourth-order valence-electron chi connectivity index (χ4n) is 1.48. The molecule has 1 aromatic rings. The van der Waals surface area contributed by atoms with Crippen molar-refractivity contribution in [2.45, 2.75) is 13.3 Å². The summed E-state index contributed by atoms with van der Waals surface area (Å²) in [6.45, 7) is 1.82. The van der Waals surface area contributed by atoms with Gasteiger partial charge in [0.2, 0.25) is 0 Å². The molecule has 0 spiro atoms. The van der Waals surface area contributed by atoms with Gasteiger partial charge in [0.25, 0.3) is 5.69 Å². The van der Waals surface area contributed by atoms with Gasteiger partial charge >= 0.3 is 5.97 Å².